The first kappa shape index (κ1) is 16.8. The zero-order valence-corrected chi connectivity index (χ0v) is 13.3. The second kappa shape index (κ2) is 7.13. The number of rotatable bonds is 7. The Kier molecular flexibility index (Phi) is 5.21. The number of amides is 1. The molecule has 1 amide bonds. The molecule has 0 saturated carbocycles. The van der Waals surface area contributed by atoms with Gasteiger partial charge in [-0.15, -0.1) is 0 Å². The minimum atomic E-state index is -0.875. The number of nitrogens with one attached hydrogen (secondary N) is 1. The molecule has 5 nitrogen and oxygen atoms in total. The molecule has 0 atom stereocenters. The fraction of sp³-hybridized carbons (Fsp3) is 0.333. The topological polar surface area (TPSA) is 75.6 Å². The molecule has 2 aromatic rings. The van der Waals surface area contributed by atoms with Crippen molar-refractivity contribution in [2.24, 2.45) is 0 Å². The van der Waals surface area contributed by atoms with Crippen LogP contribution in [0.4, 0.5) is 0 Å². The Morgan fingerprint density at radius 3 is 2.52 bits per heavy atom. The van der Waals surface area contributed by atoms with E-state index in [9.17, 15) is 9.59 Å². The number of hydrogen-bond acceptors (Lipinski definition) is 3. The summed E-state index contributed by atoms with van der Waals surface area (Å²) in [7, 11) is 0. The van der Waals surface area contributed by atoms with Gasteiger partial charge in [-0.3, -0.25) is 9.59 Å². The third kappa shape index (κ3) is 5.29. The van der Waals surface area contributed by atoms with Crippen molar-refractivity contribution < 1.29 is 19.4 Å². The maximum Gasteiger partial charge on any atom is 0.303 e. The lowest BCUT2D eigenvalue weighted by molar-refractivity contribution is -0.138. The summed E-state index contributed by atoms with van der Waals surface area (Å²) in [5, 5.41) is 13.7. The van der Waals surface area contributed by atoms with Gasteiger partial charge in [0.2, 0.25) is 0 Å². The van der Waals surface area contributed by atoms with Crippen LogP contribution in [0.3, 0.4) is 0 Å². The van der Waals surface area contributed by atoms with Gasteiger partial charge >= 0.3 is 5.97 Å². The van der Waals surface area contributed by atoms with Gasteiger partial charge in [0.25, 0.3) is 5.91 Å². The second-order valence-corrected chi connectivity index (χ2v) is 6.12. The van der Waals surface area contributed by atoms with Crippen LogP contribution in [0.5, 0.6) is 5.75 Å². The predicted molar refractivity (Wildman–Crippen MR) is 88.5 cm³/mol. The number of carbonyl (C=O) groups is 2. The number of carbonyl (C=O) groups excluding carboxylic acids is 1. The third-order valence-electron chi connectivity index (χ3n) is 3.53. The van der Waals surface area contributed by atoms with E-state index in [0.717, 1.165) is 10.8 Å². The molecule has 0 fully saturated rings. The second-order valence-electron chi connectivity index (χ2n) is 6.12. The standard InChI is InChI=1S/C18H21NO4/c1-18(2,10-9-17(21)22)19-16(20)12-23-15-8-7-13-5-3-4-6-14(13)11-15/h3-8,11H,9-10,12H2,1-2H3,(H,19,20)(H,21,22). The summed E-state index contributed by atoms with van der Waals surface area (Å²) in [6.45, 7) is 3.49. The first-order chi connectivity index (χ1) is 10.9. The van der Waals surface area contributed by atoms with Crippen molar-refractivity contribution in [3.05, 3.63) is 42.5 Å². The molecule has 23 heavy (non-hydrogen) atoms. The normalized spacial score (nSPS) is 11.2. The zero-order valence-electron chi connectivity index (χ0n) is 13.3. The molecule has 0 aliphatic rings. The number of hydrogen-bond donors (Lipinski definition) is 2. The molecule has 0 aromatic heterocycles. The predicted octanol–water partition coefficient (Wildman–Crippen LogP) is 2.98. The molecule has 2 N–H and O–H groups in total. The first-order valence-electron chi connectivity index (χ1n) is 7.50. The van der Waals surface area contributed by atoms with Gasteiger partial charge < -0.3 is 15.2 Å². The van der Waals surface area contributed by atoms with Gasteiger partial charge in [0, 0.05) is 12.0 Å². The number of benzene rings is 2. The van der Waals surface area contributed by atoms with E-state index in [4.69, 9.17) is 9.84 Å². The molecule has 0 unspecified atom stereocenters. The minimum absolute atomic E-state index is 0.0127. The average molecular weight is 315 g/mol. The Bertz CT molecular complexity index is 709. The summed E-state index contributed by atoms with van der Waals surface area (Å²) in [5.41, 5.74) is -0.581. The van der Waals surface area contributed by atoms with Gasteiger partial charge in [0.05, 0.1) is 0 Å². The number of fused-ring (bicyclic) bond motifs is 1. The van der Waals surface area contributed by atoms with E-state index in [-0.39, 0.29) is 18.9 Å². The molecule has 0 saturated heterocycles. The fourth-order valence-corrected chi connectivity index (χ4v) is 2.30. The molecule has 2 aromatic carbocycles. The SMILES string of the molecule is CC(C)(CCC(=O)O)NC(=O)COc1ccc2ccccc2c1. The molecule has 0 aliphatic heterocycles. The lowest BCUT2D eigenvalue weighted by Crippen LogP contribution is -2.45. The lowest BCUT2D eigenvalue weighted by atomic mass is 9.98. The molecule has 0 aliphatic carbocycles. The Labute approximate surface area is 135 Å². The van der Waals surface area contributed by atoms with Gasteiger partial charge in [0.15, 0.2) is 6.61 Å². The Morgan fingerprint density at radius 2 is 1.83 bits per heavy atom. The van der Waals surface area contributed by atoms with Crippen LogP contribution in [0.15, 0.2) is 42.5 Å². The molecule has 0 spiro atoms. The highest BCUT2D eigenvalue weighted by Crippen LogP contribution is 2.20. The van der Waals surface area contributed by atoms with Crippen molar-refractivity contribution in [3.63, 3.8) is 0 Å². The summed E-state index contributed by atoms with van der Waals surface area (Å²) < 4.78 is 5.52. The van der Waals surface area contributed by atoms with Crippen LogP contribution in [-0.4, -0.2) is 29.1 Å². The Morgan fingerprint density at radius 1 is 1.13 bits per heavy atom. The van der Waals surface area contributed by atoms with Crippen molar-refractivity contribution in [3.8, 4) is 5.75 Å². The maximum atomic E-state index is 12.0. The van der Waals surface area contributed by atoms with Gasteiger partial charge in [-0.1, -0.05) is 30.3 Å². The zero-order chi connectivity index (χ0) is 16.9. The number of carboxylic acid groups (broad SMARTS) is 1. The van der Waals surface area contributed by atoms with E-state index in [0.29, 0.717) is 12.2 Å². The minimum Gasteiger partial charge on any atom is -0.484 e. The fourth-order valence-electron chi connectivity index (χ4n) is 2.30. The van der Waals surface area contributed by atoms with Gasteiger partial charge in [-0.2, -0.15) is 0 Å². The van der Waals surface area contributed by atoms with Gasteiger partial charge in [-0.25, -0.2) is 0 Å². The van der Waals surface area contributed by atoms with E-state index in [1.54, 1.807) is 13.8 Å². The molecule has 0 heterocycles. The number of carboxylic acids is 1. The lowest BCUT2D eigenvalue weighted by Gasteiger charge is -2.25. The maximum absolute atomic E-state index is 12.0. The quantitative estimate of drug-likeness (QED) is 0.823. The molecule has 5 heteroatoms. The highest BCUT2D eigenvalue weighted by molar-refractivity contribution is 5.84. The van der Waals surface area contributed by atoms with Crippen LogP contribution >= 0.6 is 0 Å². The van der Waals surface area contributed by atoms with Gasteiger partial charge in [-0.05, 0) is 43.2 Å². The third-order valence-corrected chi connectivity index (χ3v) is 3.53. The number of aliphatic carboxylic acids is 1. The van der Waals surface area contributed by atoms with Crippen molar-refractivity contribution >= 4 is 22.6 Å². The summed E-state index contributed by atoms with van der Waals surface area (Å²) in [4.78, 5) is 22.6. The van der Waals surface area contributed by atoms with Crippen LogP contribution in [0.2, 0.25) is 0 Å². The highest BCUT2D eigenvalue weighted by atomic mass is 16.5. The van der Waals surface area contributed by atoms with Crippen LogP contribution < -0.4 is 10.1 Å². The summed E-state index contributed by atoms with van der Waals surface area (Å²) in [6, 6.07) is 13.6. The van der Waals surface area contributed by atoms with Crippen molar-refractivity contribution in [1.29, 1.82) is 0 Å². The van der Waals surface area contributed by atoms with E-state index in [2.05, 4.69) is 5.32 Å². The Hall–Kier alpha value is -2.56. The smallest absolute Gasteiger partial charge is 0.303 e. The highest BCUT2D eigenvalue weighted by Gasteiger charge is 2.21. The van der Waals surface area contributed by atoms with Crippen molar-refractivity contribution in [2.45, 2.75) is 32.2 Å². The van der Waals surface area contributed by atoms with Crippen LogP contribution in [0.1, 0.15) is 26.7 Å². The number of ether oxygens (including phenoxy) is 1. The van der Waals surface area contributed by atoms with E-state index in [1.807, 2.05) is 42.5 Å². The molecule has 0 radical (unpaired) electrons. The Balaban J connectivity index is 1.88. The molecule has 0 bridgehead atoms. The van der Waals surface area contributed by atoms with Gasteiger partial charge in [0.1, 0.15) is 5.75 Å². The van der Waals surface area contributed by atoms with Crippen LogP contribution in [0.25, 0.3) is 10.8 Å². The average Bonchev–Trinajstić information content (AvgIpc) is 2.50. The van der Waals surface area contributed by atoms with E-state index >= 15 is 0 Å². The van der Waals surface area contributed by atoms with E-state index in [1.165, 1.54) is 0 Å². The molecule has 2 rings (SSSR count). The molecular weight excluding hydrogens is 294 g/mol. The van der Waals surface area contributed by atoms with Crippen LogP contribution in [-0.2, 0) is 9.59 Å². The molecular formula is C18H21NO4. The van der Waals surface area contributed by atoms with E-state index < -0.39 is 11.5 Å². The monoisotopic (exact) mass is 315 g/mol. The summed E-state index contributed by atoms with van der Waals surface area (Å²) >= 11 is 0. The van der Waals surface area contributed by atoms with Crippen LogP contribution in [0, 0.1) is 0 Å². The van der Waals surface area contributed by atoms with Crippen molar-refractivity contribution in [2.75, 3.05) is 6.61 Å². The van der Waals surface area contributed by atoms with Crippen molar-refractivity contribution in [1.82, 2.24) is 5.32 Å². The largest absolute Gasteiger partial charge is 0.484 e. The summed E-state index contributed by atoms with van der Waals surface area (Å²) in [5.74, 6) is -0.518. The first-order valence-corrected chi connectivity index (χ1v) is 7.50. The molecule has 122 valence electrons. The summed E-state index contributed by atoms with van der Waals surface area (Å²) in [6.07, 6.45) is 0.378.